The van der Waals surface area contributed by atoms with E-state index in [1.165, 1.54) is 18.4 Å². The Labute approximate surface area is 217 Å². The van der Waals surface area contributed by atoms with Crippen LogP contribution in [0.4, 0.5) is 5.13 Å². The van der Waals surface area contributed by atoms with Gasteiger partial charge >= 0.3 is 5.97 Å². The number of thiazole rings is 1. The molecule has 5 rings (SSSR count). The number of aromatic nitrogens is 3. The molecule has 8 nitrogen and oxygen atoms in total. The average Bonchev–Trinajstić information content (AvgIpc) is 3.61. The average molecular weight is 513 g/mol. The number of rotatable bonds is 6. The lowest BCUT2D eigenvalue weighted by molar-refractivity contribution is 0.0600. The molecule has 186 valence electrons. The van der Waals surface area contributed by atoms with Gasteiger partial charge in [-0.3, -0.25) is 10.1 Å². The third-order valence-corrected chi connectivity index (χ3v) is 6.87. The Bertz CT molecular complexity index is 1600. The number of hydrogen-bond donors (Lipinski definition) is 1. The lowest BCUT2D eigenvalue weighted by atomic mass is 10.1. The Morgan fingerprint density at radius 2 is 1.76 bits per heavy atom. The number of hydrogen-bond acceptors (Lipinski definition) is 7. The molecular weight excluding hydrogens is 488 g/mol. The van der Waals surface area contributed by atoms with Crippen molar-refractivity contribution in [3.05, 3.63) is 94.3 Å². The van der Waals surface area contributed by atoms with Crippen LogP contribution in [0.1, 0.15) is 37.9 Å². The van der Waals surface area contributed by atoms with E-state index in [4.69, 9.17) is 9.26 Å². The maximum Gasteiger partial charge on any atom is 0.337 e. The molecule has 9 heteroatoms. The van der Waals surface area contributed by atoms with Gasteiger partial charge in [0.15, 0.2) is 5.13 Å². The summed E-state index contributed by atoms with van der Waals surface area (Å²) in [5.74, 6) is -0.257. The molecular formula is C28H24N4O4S. The van der Waals surface area contributed by atoms with Gasteiger partial charge in [-0.25, -0.2) is 9.78 Å². The third-order valence-electron chi connectivity index (χ3n) is 6.12. The van der Waals surface area contributed by atoms with Crippen molar-refractivity contribution < 1.29 is 18.8 Å². The van der Waals surface area contributed by atoms with E-state index in [1.807, 2.05) is 61.7 Å². The fourth-order valence-corrected chi connectivity index (χ4v) is 5.04. The van der Waals surface area contributed by atoms with Crippen LogP contribution in [0.5, 0.6) is 0 Å². The largest absolute Gasteiger partial charge is 0.465 e. The number of carbonyl (C=O) groups excluding carboxylic acids is 2. The molecule has 2 aromatic carbocycles. The maximum absolute atomic E-state index is 13.2. The summed E-state index contributed by atoms with van der Waals surface area (Å²) in [7, 11) is 1.36. The summed E-state index contributed by atoms with van der Waals surface area (Å²) in [5, 5.41) is 9.39. The van der Waals surface area contributed by atoms with Crippen molar-refractivity contribution in [2.45, 2.75) is 20.8 Å². The molecule has 0 fully saturated rings. The lowest BCUT2D eigenvalue weighted by Gasteiger charge is -2.10. The molecule has 0 unspecified atom stereocenters. The number of methoxy groups -OCH3 is 1. The molecule has 0 spiro atoms. The first-order chi connectivity index (χ1) is 17.9. The second-order valence-corrected chi connectivity index (χ2v) is 9.34. The minimum absolute atomic E-state index is 0.324. The molecule has 3 heterocycles. The van der Waals surface area contributed by atoms with Crippen LogP contribution >= 0.6 is 11.3 Å². The van der Waals surface area contributed by atoms with E-state index in [9.17, 15) is 9.59 Å². The highest BCUT2D eigenvalue weighted by Crippen LogP contribution is 2.33. The van der Waals surface area contributed by atoms with Crippen molar-refractivity contribution in [3.8, 4) is 28.2 Å². The number of esters is 1. The van der Waals surface area contributed by atoms with Crippen LogP contribution in [0.15, 0.2) is 70.6 Å². The standard InChI is InChI=1S/C28H24N4O4S/c1-16-14-22(17(2)32(16)21-12-10-20(11-13-21)27(34)35-4)23-15-37-28(29-23)30-26(33)24-18(3)36-31-25(24)19-8-6-5-7-9-19/h5-15H,1-4H3,(H,29,30,33). The van der Waals surface area contributed by atoms with E-state index in [1.54, 1.807) is 19.1 Å². The summed E-state index contributed by atoms with van der Waals surface area (Å²) in [5.41, 5.74) is 6.83. The molecule has 0 atom stereocenters. The topological polar surface area (TPSA) is 99.2 Å². The van der Waals surface area contributed by atoms with Crippen molar-refractivity contribution in [2.75, 3.05) is 12.4 Å². The Morgan fingerprint density at radius 1 is 1.03 bits per heavy atom. The van der Waals surface area contributed by atoms with Crippen LogP contribution in [-0.4, -0.2) is 33.7 Å². The van der Waals surface area contributed by atoms with E-state index >= 15 is 0 Å². The zero-order valence-electron chi connectivity index (χ0n) is 20.7. The van der Waals surface area contributed by atoms with Crippen LogP contribution in [0.3, 0.4) is 0 Å². The summed E-state index contributed by atoms with van der Waals surface area (Å²) in [6.07, 6.45) is 0. The quantitative estimate of drug-likeness (QED) is 0.271. The minimum atomic E-state index is -0.373. The molecule has 0 radical (unpaired) electrons. The molecule has 1 amide bonds. The highest BCUT2D eigenvalue weighted by atomic mass is 32.1. The van der Waals surface area contributed by atoms with Gasteiger partial charge in [-0.2, -0.15) is 0 Å². The minimum Gasteiger partial charge on any atom is -0.465 e. The number of nitrogens with zero attached hydrogens (tertiary/aromatic N) is 3. The second-order valence-electron chi connectivity index (χ2n) is 8.48. The molecule has 5 aromatic rings. The zero-order valence-corrected chi connectivity index (χ0v) is 21.6. The first-order valence-corrected chi connectivity index (χ1v) is 12.4. The summed E-state index contributed by atoms with van der Waals surface area (Å²) in [6.45, 7) is 5.74. The van der Waals surface area contributed by atoms with Crippen LogP contribution in [0.25, 0.3) is 28.2 Å². The fourth-order valence-electron chi connectivity index (χ4n) is 4.33. The number of anilines is 1. The molecule has 1 N–H and O–H groups in total. The van der Waals surface area contributed by atoms with Crippen LogP contribution < -0.4 is 5.32 Å². The predicted molar refractivity (Wildman–Crippen MR) is 142 cm³/mol. The first kappa shape index (κ1) is 24.2. The van der Waals surface area contributed by atoms with Gasteiger partial charge in [0.1, 0.15) is 17.0 Å². The number of benzene rings is 2. The van der Waals surface area contributed by atoms with Gasteiger partial charge in [0, 0.05) is 33.6 Å². The van der Waals surface area contributed by atoms with Gasteiger partial charge in [-0.1, -0.05) is 35.5 Å². The highest BCUT2D eigenvalue weighted by Gasteiger charge is 2.23. The van der Waals surface area contributed by atoms with Gasteiger partial charge in [-0.05, 0) is 51.1 Å². The molecule has 3 aromatic heterocycles. The van der Waals surface area contributed by atoms with Gasteiger partial charge < -0.3 is 13.8 Å². The van der Waals surface area contributed by atoms with Gasteiger partial charge in [0.25, 0.3) is 5.91 Å². The fraction of sp³-hybridized carbons (Fsp3) is 0.143. The van der Waals surface area contributed by atoms with E-state index in [0.29, 0.717) is 27.7 Å². The van der Waals surface area contributed by atoms with Crippen molar-refractivity contribution >= 4 is 28.3 Å². The normalized spacial score (nSPS) is 10.9. The van der Waals surface area contributed by atoms with E-state index in [2.05, 4.69) is 26.1 Å². The van der Waals surface area contributed by atoms with Crippen molar-refractivity contribution in [1.29, 1.82) is 0 Å². The third kappa shape index (κ3) is 4.56. The van der Waals surface area contributed by atoms with E-state index < -0.39 is 0 Å². The Kier molecular flexibility index (Phi) is 6.45. The Balaban J connectivity index is 1.40. The summed E-state index contributed by atoms with van der Waals surface area (Å²) < 4.78 is 12.2. The Hall–Kier alpha value is -4.50. The highest BCUT2D eigenvalue weighted by molar-refractivity contribution is 7.14. The van der Waals surface area contributed by atoms with Gasteiger partial charge in [0.2, 0.25) is 0 Å². The summed E-state index contributed by atoms with van der Waals surface area (Å²) in [4.78, 5) is 29.6. The molecule has 0 aliphatic heterocycles. The van der Waals surface area contributed by atoms with Crippen LogP contribution in [0, 0.1) is 20.8 Å². The molecule has 0 aliphatic carbocycles. The number of carbonyl (C=O) groups is 2. The Morgan fingerprint density at radius 3 is 2.46 bits per heavy atom. The molecule has 0 aliphatic rings. The second kappa shape index (κ2) is 9.87. The van der Waals surface area contributed by atoms with Gasteiger partial charge in [0.05, 0.1) is 18.4 Å². The van der Waals surface area contributed by atoms with Crippen molar-refractivity contribution in [1.82, 2.24) is 14.7 Å². The van der Waals surface area contributed by atoms with Crippen LogP contribution in [0.2, 0.25) is 0 Å². The van der Waals surface area contributed by atoms with Crippen molar-refractivity contribution in [3.63, 3.8) is 0 Å². The smallest absolute Gasteiger partial charge is 0.337 e. The SMILES string of the molecule is COC(=O)c1ccc(-n2c(C)cc(-c3csc(NC(=O)c4c(-c5ccccc5)noc4C)n3)c2C)cc1. The molecule has 0 saturated carbocycles. The predicted octanol–water partition coefficient (Wildman–Crippen LogP) is 6.22. The number of ether oxygens (including phenoxy) is 1. The maximum atomic E-state index is 13.2. The number of amides is 1. The molecule has 0 bridgehead atoms. The van der Waals surface area contributed by atoms with E-state index in [-0.39, 0.29) is 11.9 Å². The van der Waals surface area contributed by atoms with Gasteiger partial charge in [-0.15, -0.1) is 11.3 Å². The summed E-state index contributed by atoms with van der Waals surface area (Å²) in [6, 6.07) is 18.8. The lowest BCUT2D eigenvalue weighted by Crippen LogP contribution is -2.13. The van der Waals surface area contributed by atoms with E-state index in [0.717, 1.165) is 33.9 Å². The number of nitrogens with one attached hydrogen (secondary N) is 1. The molecule has 37 heavy (non-hydrogen) atoms. The first-order valence-electron chi connectivity index (χ1n) is 11.5. The summed E-state index contributed by atoms with van der Waals surface area (Å²) >= 11 is 1.35. The zero-order chi connectivity index (χ0) is 26.1. The monoisotopic (exact) mass is 512 g/mol. The molecule has 0 saturated heterocycles. The number of aryl methyl sites for hydroxylation is 2. The van der Waals surface area contributed by atoms with Crippen molar-refractivity contribution in [2.24, 2.45) is 0 Å². The van der Waals surface area contributed by atoms with Crippen LogP contribution in [-0.2, 0) is 4.74 Å².